The number of carboxylic acids is 1. The minimum Gasteiger partial charge on any atom is -0.492 e. The van der Waals surface area contributed by atoms with Gasteiger partial charge in [0.15, 0.2) is 4.88 Å². The van der Waals surface area contributed by atoms with Gasteiger partial charge >= 0.3 is 5.97 Å². The van der Waals surface area contributed by atoms with Gasteiger partial charge in [-0.05, 0) is 42.8 Å². The summed E-state index contributed by atoms with van der Waals surface area (Å²) in [6.07, 6.45) is 0. The van der Waals surface area contributed by atoms with Gasteiger partial charge in [-0.25, -0.2) is 4.79 Å². The van der Waals surface area contributed by atoms with E-state index in [0.29, 0.717) is 17.9 Å². The number of amides is 1. The number of carbonyl (C=O) groups excluding carboxylic acids is 1. The van der Waals surface area contributed by atoms with Gasteiger partial charge in [0, 0.05) is 16.1 Å². The molecule has 1 heterocycles. The lowest BCUT2D eigenvalue weighted by atomic mass is 10.1. The number of ether oxygens (including phenoxy) is 1. The Labute approximate surface area is 154 Å². The summed E-state index contributed by atoms with van der Waals surface area (Å²) < 4.78 is 5.39. The average molecular weight is 367 g/mol. The Hall–Kier alpha value is -3.12. The Morgan fingerprint density at radius 3 is 2.38 bits per heavy atom. The SMILES string of the molecule is CCOc1cc(-c2ccc(C(=O)Nc3ccccc3)cc2)sc1C(=O)O. The largest absolute Gasteiger partial charge is 0.492 e. The molecule has 1 aromatic heterocycles. The Morgan fingerprint density at radius 1 is 1.08 bits per heavy atom. The maximum absolute atomic E-state index is 12.3. The normalized spacial score (nSPS) is 10.3. The maximum atomic E-state index is 12.3. The van der Waals surface area contributed by atoms with Gasteiger partial charge in [-0.1, -0.05) is 30.3 Å². The van der Waals surface area contributed by atoms with Crippen LogP contribution in [0.1, 0.15) is 27.0 Å². The van der Waals surface area contributed by atoms with E-state index in [1.165, 1.54) is 0 Å². The summed E-state index contributed by atoms with van der Waals surface area (Å²) in [7, 11) is 0. The molecule has 0 radical (unpaired) electrons. The van der Waals surface area contributed by atoms with E-state index in [0.717, 1.165) is 27.5 Å². The molecular weight excluding hydrogens is 350 g/mol. The van der Waals surface area contributed by atoms with E-state index in [1.54, 1.807) is 30.3 Å². The molecule has 0 aliphatic carbocycles. The highest BCUT2D eigenvalue weighted by atomic mass is 32.1. The molecule has 26 heavy (non-hydrogen) atoms. The first-order chi connectivity index (χ1) is 12.6. The predicted molar refractivity (Wildman–Crippen MR) is 102 cm³/mol. The van der Waals surface area contributed by atoms with Gasteiger partial charge < -0.3 is 15.2 Å². The van der Waals surface area contributed by atoms with Crippen LogP contribution in [0.3, 0.4) is 0 Å². The number of rotatable bonds is 6. The van der Waals surface area contributed by atoms with E-state index >= 15 is 0 Å². The lowest BCUT2D eigenvalue weighted by Crippen LogP contribution is -2.11. The summed E-state index contributed by atoms with van der Waals surface area (Å²) in [6, 6.07) is 18.0. The third-order valence-electron chi connectivity index (χ3n) is 3.66. The predicted octanol–water partition coefficient (Wildman–Crippen LogP) is 4.76. The third-order valence-corrected chi connectivity index (χ3v) is 4.81. The number of anilines is 1. The Balaban J connectivity index is 1.80. The maximum Gasteiger partial charge on any atom is 0.349 e. The number of para-hydroxylation sites is 1. The summed E-state index contributed by atoms with van der Waals surface area (Å²) in [6.45, 7) is 2.21. The van der Waals surface area contributed by atoms with Crippen LogP contribution >= 0.6 is 11.3 Å². The van der Waals surface area contributed by atoms with Crippen LogP contribution in [0.25, 0.3) is 10.4 Å². The fourth-order valence-electron chi connectivity index (χ4n) is 2.44. The summed E-state index contributed by atoms with van der Waals surface area (Å²) >= 11 is 1.15. The topological polar surface area (TPSA) is 75.6 Å². The van der Waals surface area contributed by atoms with Crippen LogP contribution in [-0.2, 0) is 0 Å². The highest BCUT2D eigenvalue weighted by Gasteiger charge is 2.17. The van der Waals surface area contributed by atoms with Crippen molar-refractivity contribution < 1.29 is 19.4 Å². The van der Waals surface area contributed by atoms with E-state index in [-0.39, 0.29) is 10.8 Å². The van der Waals surface area contributed by atoms with E-state index in [1.807, 2.05) is 37.3 Å². The zero-order valence-corrected chi connectivity index (χ0v) is 14.9. The number of benzene rings is 2. The van der Waals surface area contributed by atoms with Crippen molar-refractivity contribution in [3.63, 3.8) is 0 Å². The van der Waals surface area contributed by atoms with Crippen molar-refractivity contribution >= 4 is 28.9 Å². The van der Waals surface area contributed by atoms with Crippen LogP contribution in [0.2, 0.25) is 0 Å². The van der Waals surface area contributed by atoms with Gasteiger partial charge in [-0.15, -0.1) is 11.3 Å². The van der Waals surface area contributed by atoms with Crippen molar-refractivity contribution in [2.24, 2.45) is 0 Å². The van der Waals surface area contributed by atoms with Gasteiger partial charge in [0.05, 0.1) is 6.61 Å². The smallest absolute Gasteiger partial charge is 0.349 e. The van der Waals surface area contributed by atoms with Gasteiger partial charge in [0.25, 0.3) is 5.91 Å². The van der Waals surface area contributed by atoms with E-state index in [2.05, 4.69) is 5.32 Å². The second-order valence-corrected chi connectivity index (χ2v) is 6.49. The second-order valence-electron chi connectivity index (χ2n) is 5.44. The quantitative estimate of drug-likeness (QED) is 0.658. The number of thiophene rings is 1. The van der Waals surface area contributed by atoms with Crippen molar-refractivity contribution in [2.75, 3.05) is 11.9 Å². The molecule has 0 fully saturated rings. The Bertz CT molecular complexity index is 917. The first-order valence-electron chi connectivity index (χ1n) is 8.05. The molecule has 0 atom stereocenters. The van der Waals surface area contributed by atoms with Crippen molar-refractivity contribution in [1.29, 1.82) is 0 Å². The van der Waals surface area contributed by atoms with Crippen LogP contribution in [0.15, 0.2) is 60.7 Å². The molecule has 5 nitrogen and oxygen atoms in total. The van der Waals surface area contributed by atoms with Crippen LogP contribution < -0.4 is 10.1 Å². The molecule has 3 aromatic rings. The fourth-order valence-corrected chi connectivity index (χ4v) is 3.38. The number of hydrogen-bond acceptors (Lipinski definition) is 4. The molecule has 0 bridgehead atoms. The van der Waals surface area contributed by atoms with Gasteiger partial charge in [-0.3, -0.25) is 4.79 Å². The molecule has 132 valence electrons. The van der Waals surface area contributed by atoms with Crippen LogP contribution in [0.4, 0.5) is 5.69 Å². The lowest BCUT2D eigenvalue weighted by Gasteiger charge is -2.05. The molecule has 2 N–H and O–H groups in total. The highest BCUT2D eigenvalue weighted by molar-refractivity contribution is 7.17. The van der Waals surface area contributed by atoms with Crippen molar-refractivity contribution in [1.82, 2.24) is 0 Å². The van der Waals surface area contributed by atoms with Gasteiger partial charge in [0.1, 0.15) is 5.75 Å². The van der Waals surface area contributed by atoms with E-state index < -0.39 is 5.97 Å². The minimum atomic E-state index is -1.01. The van der Waals surface area contributed by atoms with Crippen LogP contribution in [0, 0.1) is 0 Å². The molecule has 2 aromatic carbocycles. The monoisotopic (exact) mass is 367 g/mol. The number of carbonyl (C=O) groups is 2. The van der Waals surface area contributed by atoms with Crippen LogP contribution in [0.5, 0.6) is 5.75 Å². The van der Waals surface area contributed by atoms with Crippen molar-refractivity contribution in [3.05, 3.63) is 71.1 Å². The zero-order valence-electron chi connectivity index (χ0n) is 14.1. The number of hydrogen-bond donors (Lipinski definition) is 2. The number of aromatic carboxylic acids is 1. The summed E-state index contributed by atoms with van der Waals surface area (Å²) in [5, 5.41) is 12.1. The molecule has 1 amide bonds. The lowest BCUT2D eigenvalue weighted by molar-refractivity contribution is 0.0698. The van der Waals surface area contributed by atoms with Crippen molar-refractivity contribution in [2.45, 2.75) is 6.92 Å². The third kappa shape index (κ3) is 3.92. The fraction of sp³-hybridized carbons (Fsp3) is 0.100. The molecule has 0 spiro atoms. The molecule has 3 rings (SSSR count). The standard InChI is InChI=1S/C20H17NO4S/c1-2-25-16-12-17(26-18(16)20(23)24)13-8-10-14(11-9-13)19(22)21-15-6-4-3-5-7-15/h3-12H,2H2,1H3,(H,21,22)(H,23,24). The Kier molecular flexibility index (Phi) is 5.34. The van der Waals surface area contributed by atoms with Gasteiger partial charge in [0.2, 0.25) is 0 Å². The Morgan fingerprint density at radius 2 is 1.77 bits per heavy atom. The molecule has 0 unspecified atom stereocenters. The van der Waals surface area contributed by atoms with E-state index in [9.17, 15) is 14.7 Å². The number of carboxylic acid groups (broad SMARTS) is 1. The minimum absolute atomic E-state index is 0.174. The second kappa shape index (κ2) is 7.84. The first-order valence-corrected chi connectivity index (χ1v) is 8.87. The highest BCUT2D eigenvalue weighted by Crippen LogP contribution is 2.36. The summed E-state index contributed by atoms with van der Waals surface area (Å²) in [4.78, 5) is 24.6. The van der Waals surface area contributed by atoms with Crippen molar-refractivity contribution in [3.8, 4) is 16.2 Å². The zero-order chi connectivity index (χ0) is 18.5. The molecule has 0 aliphatic rings. The first kappa shape index (κ1) is 17.7. The number of nitrogens with one attached hydrogen (secondary N) is 1. The van der Waals surface area contributed by atoms with Crippen LogP contribution in [-0.4, -0.2) is 23.6 Å². The average Bonchev–Trinajstić information content (AvgIpc) is 3.07. The molecule has 0 aliphatic heterocycles. The van der Waals surface area contributed by atoms with Gasteiger partial charge in [-0.2, -0.15) is 0 Å². The molecule has 0 saturated carbocycles. The molecule has 0 saturated heterocycles. The molecular formula is C20H17NO4S. The van der Waals surface area contributed by atoms with E-state index in [4.69, 9.17) is 4.74 Å². The summed E-state index contributed by atoms with van der Waals surface area (Å²) in [5.74, 6) is -0.843. The summed E-state index contributed by atoms with van der Waals surface area (Å²) in [5.41, 5.74) is 2.09. The molecule has 6 heteroatoms.